The van der Waals surface area contributed by atoms with Crippen molar-refractivity contribution in [3.8, 4) is 5.75 Å². The maximum Gasteiger partial charge on any atom is 2.00 e. The first-order valence-corrected chi connectivity index (χ1v) is 7.17. The summed E-state index contributed by atoms with van der Waals surface area (Å²) in [5, 5.41) is 0. The summed E-state index contributed by atoms with van der Waals surface area (Å²) in [7, 11) is 0. The van der Waals surface area contributed by atoms with Crippen molar-refractivity contribution in [2.75, 3.05) is 26.2 Å². The van der Waals surface area contributed by atoms with Gasteiger partial charge >= 0.3 is 31.1 Å². The third-order valence-electron chi connectivity index (χ3n) is 4.14. The number of ether oxygens (including phenoxy) is 1. The van der Waals surface area contributed by atoms with Gasteiger partial charge in [-0.1, -0.05) is 12.1 Å². The first-order chi connectivity index (χ1) is 9.62. The summed E-state index contributed by atoms with van der Waals surface area (Å²) in [6.45, 7) is 12.3. The number of hydrogen-bond donors (Lipinski definition) is 0. The molecule has 0 bridgehead atoms. The van der Waals surface area contributed by atoms with Gasteiger partial charge in [-0.2, -0.15) is 0 Å². The molecule has 3 nitrogen and oxygen atoms in total. The van der Waals surface area contributed by atoms with Crippen LogP contribution in [0.2, 0.25) is 0 Å². The quantitative estimate of drug-likeness (QED) is 0.503. The second kappa shape index (κ2) is 8.36. The molecule has 0 N–H and O–H groups in total. The monoisotopic (exact) mass is 511 g/mol. The minimum Gasteiger partial charge on any atom is -0.492 e. The van der Waals surface area contributed by atoms with Gasteiger partial charge in [0.05, 0.1) is 5.41 Å². The SMILES string of the molecule is [CH2-]CN(C[CH2-])CCOc1ccc(C2(C(C)=O)CC2)cc1.[U+2]. The molecule has 21 heavy (non-hydrogen) atoms. The van der Waals surface area contributed by atoms with Crippen LogP contribution in [0.25, 0.3) is 0 Å². The van der Waals surface area contributed by atoms with Gasteiger partial charge in [-0.3, -0.25) is 4.79 Å². The third-order valence-corrected chi connectivity index (χ3v) is 4.14. The van der Waals surface area contributed by atoms with E-state index in [-0.39, 0.29) is 42.3 Å². The Morgan fingerprint density at radius 3 is 2.24 bits per heavy atom. The van der Waals surface area contributed by atoms with Crippen molar-refractivity contribution in [2.24, 2.45) is 0 Å². The van der Waals surface area contributed by atoms with Gasteiger partial charge in [0.15, 0.2) is 0 Å². The van der Waals surface area contributed by atoms with Gasteiger partial charge in [-0.15, -0.1) is 13.1 Å². The van der Waals surface area contributed by atoms with E-state index in [4.69, 9.17) is 4.74 Å². The van der Waals surface area contributed by atoms with E-state index in [0.717, 1.165) is 43.8 Å². The molecule has 0 spiro atoms. The first kappa shape index (κ1) is 18.8. The summed E-state index contributed by atoms with van der Waals surface area (Å²) in [6, 6.07) is 7.95. The molecule has 0 heterocycles. The number of carbonyl (C=O) groups excluding carboxylic acids is 1. The van der Waals surface area contributed by atoms with Crippen LogP contribution in [0.1, 0.15) is 25.3 Å². The summed E-state index contributed by atoms with van der Waals surface area (Å²) >= 11 is 0. The number of carbonyl (C=O) groups is 1. The predicted octanol–water partition coefficient (Wildman–Crippen LogP) is 2.66. The topological polar surface area (TPSA) is 29.5 Å². The van der Waals surface area contributed by atoms with E-state index in [9.17, 15) is 4.79 Å². The summed E-state index contributed by atoms with van der Waals surface area (Å²) in [4.78, 5) is 13.8. The molecule has 4 heteroatoms. The smallest absolute Gasteiger partial charge is 0.492 e. The Morgan fingerprint density at radius 1 is 1.24 bits per heavy atom. The van der Waals surface area contributed by atoms with Crippen LogP contribution in [0.4, 0.5) is 0 Å². The number of nitrogens with zero attached hydrogens (tertiary/aromatic N) is 1. The fraction of sp³-hybridized carbons (Fsp3) is 0.471. The van der Waals surface area contributed by atoms with Crippen LogP contribution >= 0.6 is 0 Å². The van der Waals surface area contributed by atoms with Gasteiger partial charge in [-0.05, 0) is 37.5 Å². The van der Waals surface area contributed by atoms with Crippen molar-refractivity contribution >= 4 is 5.78 Å². The number of Topliss-reactive ketones (excluding diaryl/α,β-unsaturated/α-hetero) is 1. The van der Waals surface area contributed by atoms with Crippen molar-refractivity contribution < 1.29 is 40.6 Å². The number of hydrogen-bond acceptors (Lipinski definition) is 3. The minimum absolute atomic E-state index is 0. The fourth-order valence-electron chi connectivity index (χ4n) is 2.47. The van der Waals surface area contributed by atoms with E-state index in [1.165, 1.54) is 0 Å². The summed E-state index contributed by atoms with van der Waals surface area (Å²) in [6.07, 6.45) is 1.95. The Labute approximate surface area is 151 Å². The molecule has 0 atom stereocenters. The van der Waals surface area contributed by atoms with Gasteiger partial charge in [0, 0.05) is 6.54 Å². The van der Waals surface area contributed by atoms with Crippen LogP contribution in [0.15, 0.2) is 24.3 Å². The molecule has 1 saturated carbocycles. The molecular formula is C17H23NO2U. The second-order valence-corrected chi connectivity index (χ2v) is 5.35. The molecule has 1 fully saturated rings. The zero-order valence-electron chi connectivity index (χ0n) is 12.7. The molecule has 0 saturated heterocycles. The Balaban J connectivity index is 0.00000220. The molecule has 1 aliphatic carbocycles. The van der Waals surface area contributed by atoms with Crippen molar-refractivity contribution in [1.29, 1.82) is 0 Å². The summed E-state index contributed by atoms with van der Waals surface area (Å²) in [5.74, 6) is 1.12. The maximum atomic E-state index is 11.7. The first-order valence-electron chi connectivity index (χ1n) is 7.17. The van der Waals surface area contributed by atoms with E-state index in [0.29, 0.717) is 6.61 Å². The fourth-order valence-corrected chi connectivity index (χ4v) is 2.47. The normalized spacial score (nSPS) is 15.4. The Morgan fingerprint density at radius 2 is 1.81 bits per heavy atom. The van der Waals surface area contributed by atoms with E-state index in [1.54, 1.807) is 6.92 Å². The molecule has 0 aliphatic heterocycles. The Kier molecular flexibility index (Phi) is 7.47. The average molecular weight is 511 g/mol. The number of ketones is 1. The molecule has 1 aromatic carbocycles. The van der Waals surface area contributed by atoms with Gasteiger partial charge < -0.3 is 23.5 Å². The molecular weight excluding hydrogens is 488 g/mol. The largest absolute Gasteiger partial charge is 2.00 e. The minimum atomic E-state index is -0.197. The van der Waals surface area contributed by atoms with Gasteiger partial charge in [0.2, 0.25) is 0 Å². The molecule has 0 amide bonds. The number of benzene rings is 1. The number of rotatable bonds is 8. The molecule has 1 aliphatic rings. The van der Waals surface area contributed by atoms with E-state index >= 15 is 0 Å². The molecule has 0 unspecified atom stereocenters. The summed E-state index contributed by atoms with van der Waals surface area (Å²) in [5.41, 5.74) is 0.923. The van der Waals surface area contributed by atoms with Crippen LogP contribution in [0, 0.1) is 45.0 Å². The van der Waals surface area contributed by atoms with Gasteiger partial charge in [-0.25, -0.2) is 0 Å². The van der Waals surface area contributed by atoms with Crippen molar-refractivity contribution in [3.05, 3.63) is 43.7 Å². The zero-order valence-corrected chi connectivity index (χ0v) is 16.9. The van der Waals surface area contributed by atoms with Gasteiger partial charge in [0.1, 0.15) is 18.1 Å². The van der Waals surface area contributed by atoms with Crippen LogP contribution < -0.4 is 4.74 Å². The molecule has 1 aromatic rings. The Hall–Kier alpha value is -0.298. The molecule has 2 rings (SSSR count). The van der Waals surface area contributed by atoms with Crippen molar-refractivity contribution in [1.82, 2.24) is 4.90 Å². The van der Waals surface area contributed by atoms with E-state index < -0.39 is 0 Å². The molecule has 0 radical (unpaired) electrons. The molecule has 112 valence electrons. The van der Waals surface area contributed by atoms with Crippen LogP contribution in [-0.2, 0) is 10.2 Å². The Bertz CT molecular complexity index is 450. The van der Waals surface area contributed by atoms with Crippen LogP contribution in [-0.4, -0.2) is 36.9 Å². The van der Waals surface area contributed by atoms with Crippen molar-refractivity contribution in [2.45, 2.75) is 25.2 Å². The van der Waals surface area contributed by atoms with E-state index in [2.05, 4.69) is 18.7 Å². The van der Waals surface area contributed by atoms with Crippen LogP contribution in [0.5, 0.6) is 5.75 Å². The van der Waals surface area contributed by atoms with Crippen LogP contribution in [0.3, 0.4) is 0 Å². The van der Waals surface area contributed by atoms with E-state index in [1.807, 2.05) is 24.3 Å². The van der Waals surface area contributed by atoms with Crippen molar-refractivity contribution in [3.63, 3.8) is 0 Å². The zero-order chi connectivity index (χ0) is 14.6. The second-order valence-electron chi connectivity index (χ2n) is 5.35. The average Bonchev–Trinajstić information content (AvgIpc) is 3.26. The summed E-state index contributed by atoms with van der Waals surface area (Å²) < 4.78 is 5.71. The standard InChI is InChI=1S/C17H23NO2.U/c1-4-18(5-2)12-13-20-16-8-6-15(7-9-16)17(10-11-17)14(3)19;/h6-9H,1-2,4-5,10-13H2,3H3;/q-2;+2. The maximum absolute atomic E-state index is 11.7. The third kappa shape index (κ3) is 4.58. The van der Waals surface area contributed by atoms with Gasteiger partial charge in [0.25, 0.3) is 0 Å². The predicted molar refractivity (Wildman–Crippen MR) is 80.7 cm³/mol. The molecule has 0 aromatic heterocycles.